The Morgan fingerprint density at radius 3 is 2.70 bits per heavy atom. The molecule has 0 spiro atoms. The average molecular weight is 307 g/mol. The number of ether oxygens (including phenoxy) is 2. The highest BCUT2D eigenvalue weighted by Gasteiger charge is 2.15. The second-order valence-corrected chi connectivity index (χ2v) is 5.10. The van der Waals surface area contributed by atoms with Gasteiger partial charge in [0.2, 0.25) is 0 Å². The van der Waals surface area contributed by atoms with Crippen LogP contribution in [0.2, 0.25) is 0 Å². The summed E-state index contributed by atoms with van der Waals surface area (Å²) in [5.41, 5.74) is 1.26. The monoisotopic (exact) mass is 307 g/mol. The first-order valence-corrected chi connectivity index (χ1v) is 7.23. The number of aromatic nitrogens is 2. The van der Waals surface area contributed by atoms with E-state index in [1.807, 2.05) is 24.3 Å². The fourth-order valence-electron chi connectivity index (χ4n) is 2.42. The zero-order chi connectivity index (χ0) is 15.6. The molecule has 0 bridgehead atoms. The lowest BCUT2D eigenvalue weighted by Gasteiger charge is -2.18. The van der Waals surface area contributed by atoms with Crippen LogP contribution in [0.1, 0.15) is 10.4 Å². The summed E-state index contributed by atoms with van der Waals surface area (Å²) in [6.45, 7) is 0.999. The molecule has 6 nitrogen and oxygen atoms in total. The van der Waals surface area contributed by atoms with E-state index in [-0.39, 0.29) is 5.91 Å². The van der Waals surface area contributed by atoms with Gasteiger partial charge in [0.1, 0.15) is 13.2 Å². The third kappa shape index (κ3) is 2.66. The molecule has 3 aromatic rings. The highest BCUT2D eigenvalue weighted by atomic mass is 16.6. The van der Waals surface area contributed by atoms with Crippen LogP contribution in [0.4, 0.5) is 5.82 Å². The maximum absolute atomic E-state index is 12.4. The Morgan fingerprint density at radius 2 is 1.78 bits per heavy atom. The van der Waals surface area contributed by atoms with Gasteiger partial charge in [0, 0.05) is 10.9 Å². The van der Waals surface area contributed by atoms with E-state index in [9.17, 15) is 4.79 Å². The van der Waals surface area contributed by atoms with Gasteiger partial charge in [-0.15, -0.1) is 10.2 Å². The fraction of sp³-hybridized carbons (Fsp3) is 0.118. The van der Waals surface area contributed by atoms with E-state index in [1.54, 1.807) is 24.3 Å². The Hall–Kier alpha value is -3.15. The minimum absolute atomic E-state index is 0.272. The zero-order valence-electron chi connectivity index (χ0n) is 12.2. The predicted octanol–water partition coefficient (Wildman–Crippen LogP) is 2.65. The molecular weight excluding hydrogens is 294 g/mol. The molecule has 114 valence electrons. The number of nitrogens with one attached hydrogen (secondary N) is 1. The standard InChI is InChI=1S/C17H13N3O3/c21-17(12-5-6-14-15(9-12)23-8-7-22-14)18-16-10-11-3-1-2-4-13(11)19-20-16/h1-6,9-10H,7-8H2,(H,18,20,21). The maximum atomic E-state index is 12.4. The summed E-state index contributed by atoms with van der Waals surface area (Å²) < 4.78 is 10.9. The number of carbonyl (C=O) groups is 1. The molecule has 1 aliphatic rings. The SMILES string of the molecule is O=C(Nc1cc2ccccc2nn1)c1ccc2c(c1)OCCO2. The van der Waals surface area contributed by atoms with E-state index >= 15 is 0 Å². The number of rotatable bonds is 2. The Labute approximate surface area is 132 Å². The molecule has 0 atom stereocenters. The van der Waals surface area contributed by atoms with Crippen molar-refractivity contribution >= 4 is 22.6 Å². The molecule has 1 N–H and O–H groups in total. The van der Waals surface area contributed by atoms with Crippen LogP contribution in [0, 0.1) is 0 Å². The Balaban J connectivity index is 1.59. The van der Waals surface area contributed by atoms with E-state index in [1.165, 1.54) is 0 Å². The van der Waals surface area contributed by atoms with Crippen molar-refractivity contribution in [2.45, 2.75) is 0 Å². The van der Waals surface area contributed by atoms with Crippen molar-refractivity contribution in [1.82, 2.24) is 10.2 Å². The number of amides is 1. The summed E-state index contributed by atoms with van der Waals surface area (Å²) in [6.07, 6.45) is 0. The fourth-order valence-corrected chi connectivity index (χ4v) is 2.42. The van der Waals surface area contributed by atoms with Gasteiger partial charge >= 0.3 is 0 Å². The Kier molecular flexibility index (Phi) is 3.27. The summed E-state index contributed by atoms with van der Waals surface area (Å²) in [4.78, 5) is 12.4. The van der Waals surface area contributed by atoms with Gasteiger partial charge in [-0.1, -0.05) is 18.2 Å². The van der Waals surface area contributed by atoms with Gasteiger partial charge in [-0.2, -0.15) is 0 Å². The van der Waals surface area contributed by atoms with Crippen LogP contribution in [0.15, 0.2) is 48.5 Å². The average Bonchev–Trinajstić information content (AvgIpc) is 2.61. The number of benzene rings is 2. The van der Waals surface area contributed by atoms with Gasteiger partial charge in [-0.05, 0) is 30.3 Å². The lowest BCUT2D eigenvalue weighted by molar-refractivity contribution is 0.102. The van der Waals surface area contributed by atoms with E-state index < -0.39 is 0 Å². The molecule has 1 aliphatic heterocycles. The van der Waals surface area contributed by atoms with Gasteiger partial charge in [-0.3, -0.25) is 4.79 Å². The third-order valence-corrected chi connectivity index (χ3v) is 3.54. The maximum Gasteiger partial charge on any atom is 0.257 e. The molecule has 2 heterocycles. The zero-order valence-corrected chi connectivity index (χ0v) is 12.2. The van der Waals surface area contributed by atoms with E-state index in [2.05, 4.69) is 15.5 Å². The van der Waals surface area contributed by atoms with Crippen LogP contribution in [0.25, 0.3) is 10.9 Å². The molecule has 4 rings (SSSR count). The quantitative estimate of drug-likeness (QED) is 0.788. The highest BCUT2D eigenvalue weighted by molar-refractivity contribution is 6.04. The number of carbonyl (C=O) groups excluding carboxylic acids is 1. The van der Waals surface area contributed by atoms with Gasteiger partial charge in [0.25, 0.3) is 5.91 Å². The van der Waals surface area contributed by atoms with E-state index in [0.717, 1.165) is 10.9 Å². The lowest BCUT2D eigenvalue weighted by Crippen LogP contribution is -2.17. The molecule has 1 amide bonds. The summed E-state index contributed by atoms with van der Waals surface area (Å²) in [5, 5.41) is 11.8. The molecule has 0 saturated heterocycles. The third-order valence-electron chi connectivity index (χ3n) is 3.54. The van der Waals surface area contributed by atoms with E-state index in [4.69, 9.17) is 9.47 Å². The molecule has 23 heavy (non-hydrogen) atoms. The normalized spacial score (nSPS) is 12.9. The van der Waals surface area contributed by atoms with Gasteiger partial charge in [0.05, 0.1) is 5.52 Å². The van der Waals surface area contributed by atoms with Crippen LogP contribution >= 0.6 is 0 Å². The molecule has 6 heteroatoms. The van der Waals surface area contributed by atoms with Crippen molar-refractivity contribution in [3.63, 3.8) is 0 Å². The minimum atomic E-state index is -0.272. The predicted molar refractivity (Wildman–Crippen MR) is 84.9 cm³/mol. The first kappa shape index (κ1) is 13.5. The topological polar surface area (TPSA) is 73.3 Å². The summed E-state index contributed by atoms with van der Waals surface area (Å²) >= 11 is 0. The highest BCUT2D eigenvalue weighted by Crippen LogP contribution is 2.30. The summed E-state index contributed by atoms with van der Waals surface area (Å²) in [6, 6.07) is 14.5. The lowest BCUT2D eigenvalue weighted by atomic mass is 10.1. The first-order valence-electron chi connectivity index (χ1n) is 7.23. The van der Waals surface area contributed by atoms with Crippen molar-refractivity contribution < 1.29 is 14.3 Å². The second kappa shape index (κ2) is 5.57. The smallest absolute Gasteiger partial charge is 0.257 e. The summed E-state index contributed by atoms with van der Waals surface area (Å²) in [5.74, 6) is 1.36. The van der Waals surface area contributed by atoms with Crippen molar-refractivity contribution in [3.8, 4) is 11.5 Å². The van der Waals surface area contributed by atoms with Crippen molar-refractivity contribution in [2.24, 2.45) is 0 Å². The molecule has 0 radical (unpaired) electrons. The van der Waals surface area contributed by atoms with Gasteiger partial charge < -0.3 is 14.8 Å². The number of hydrogen-bond acceptors (Lipinski definition) is 5. The van der Waals surface area contributed by atoms with Gasteiger partial charge in [-0.25, -0.2) is 0 Å². The van der Waals surface area contributed by atoms with Crippen molar-refractivity contribution in [1.29, 1.82) is 0 Å². The number of nitrogens with zero attached hydrogens (tertiary/aromatic N) is 2. The largest absolute Gasteiger partial charge is 0.486 e. The van der Waals surface area contributed by atoms with Crippen LogP contribution in [0.5, 0.6) is 11.5 Å². The molecule has 0 saturated carbocycles. The first-order chi connectivity index (χ1) is 11.3. The van der Waals surface area contributed by atoms with Crippen molar-refractivity contribution in [3.05, 3.63) is 54.1 Å². The van der Waals surface area contributed by atoms with Gasteiger partial charge in [0.15, 0.2) is 17.3 Å². The molecule has 0 unspecified atom stereocenters. The molecule has 0 aliphatic carbocycles. The Morgan fingerprint density at radius 1 is 0.957 bits per heavy atom. The van der Waals surface area contributed by atoms with E-state index in [0.29, 0.717) is 36.1 Å². The molecular formula is C17H13N3O3. The number of hydrogen-bond donors (Lipinski definition) is 1. The molecule has 1 aromatic heterocycles. The van der Waals surface area contributed by atoms with Crippen LogP contribution in [-0.2, 0) is 0 Å². The number of fused-ring (bicyclic) bond motifs is 2. The van der Waals surface area contributed by atoms with Crippen LogP contribution < -0.4 is 14.8 Å². The summed E-state index contributed by atoms with van der Waals surface area (Å²) in [7, 11) is 0. The second-order valence-electron chi connectivity index (χ2n) is 5.10. The van der Waals surface area contributed by atoms with Crippen LogP contribution in [-0.4, -0.2) is 29.3 Å². The van der Waals surface area contributed by atoms with Crippen LogP contribution in [0.3, 0.4) is 0 Å². The molecule has 0 fully saturated rings. The minimum Gasteiger partial charge on any atom is -0.486 e. The molecule has 2 aromatic carbocycles. The van der Waals surface area contributed by atoms with Crippen molar-refractivity contribution in [2.75, 3.05) is 18.5 Å². The Bertz CT molecular complexity index is 895. The number of anilines is 1.